The number of allylic oxidation sites excluding steroid dienone is 1. The van der Waals surface area contributed by atoms with Gasteiger partial charge in [0.05, 0.1) is 0 Å². The lowest BCUT2D eigenvalue weighted by Gasteiger charge is -2.02. The van der Waals surface area contributed by atoms with Crippen molar-refractivity contribution in [2.75, 3.05) is 6.61 Å². The molecule has 0 aliphatic heterocycles. The molecule has 0 fully saturated rings. The molecule has 0 heterocycles. The summed E-state index contributed by atoms with van der Waals surface area (Å²) in [5.41, 5.74) is 1.90. The van der Waals surface area contributed by atoms with E-state index in [0.29, 0.717) is 12.2 Å². The predicted molar refractivity (Wildman–Crippen MR) is 56.5 cm³/mol. The Balaban J connectivity index is 2.46. The molecule has 1 rings (SSSR count). The van der Waals surface area contributed by atoms with Gasteiger partial charge >= 0.3 is 0 Å². The van der Waals surface area contributed by atoms with E-state index in [1.807, 2.05) is 31.2 Å². The maximum Gasteiger partial charge on any atom is 0.145 e. The Bertz CT molecular complexity index is 323. The minimum Gasteiger partial charge on any atom is -0.490 e. The summed E-state index contributed by atoms with van der Waals surface area (Å²) in [4.78, 5) is 10.3. The summed E-state index contributed by atoms with van der Waals surface area (Å²) < 4.78 is 5.40. The number of ether oxygens (including phenoxy) is 1. The average molecular weight is 190 g/mol. The van der Waals surface area contributed by atoms with Gasteiger partial charge in [0, 0.05) is 0 Å². The maximum atomic E-state index is 10.3. The van der Waals surface area contributed by atoms with E-state index in [9.17, 15) is 4.79 Å². The van der Waals surface area contributed by atoms with E-state index in [1.54, 1.807) is 13.0 Å². The van der Waals surface area contributed by atoms with Crippen LogP contribution in [-0.4, -0.2) is 12.9 Å². The van der Waals surface area contributed by atoms with Crippen LogP contribution in [0.15, 0.2) is 35.9 Å². The van der Waals surface area contributed by atoms with Crippen molar-refractivity contribution in [2.24, 2.45) is 0 Å². The van der Waals surface area contributed by atoms with Gasteiger partial charge in [-0.1, -0.05) is 17.7 Å². The SMILES string of the molecule is CC(C=O)=CCOc1ccc(C)cc1. The zero-order valence-corrected chi connectivity index (χ0v) is 8.49. The fraction of sp³-hybridized carbons (Fsp3) is 0.250. The molecular weight excluding hydrogens is 176 g/mol. The molecule has 1 aromatic carbocycles. The van der Waals surface area contributed by atoms with Crippen molar-refractivity contribution < 1.29 is 9.53 Å². The Morgan fingerprint density at radius 2 is 2.00 bits per heavy atom. The fourth-order valence-corrected chi connectivity index (χ4v) is 0.952. The molecule has 14 heavy (non-hydrogen) atoms. The third kappa shape index (κ3) is 3.44. The van der Waals surface area contributed by atoms with Gasteiger partial charge in [0.2, 0.25) is 0 Å². The van der Waals surface area contributed by atoms with Crippen LogP contribution in [0, 0.1) is 6.92 Å². The van der Waals surface area contributed by atoms with Crippen LogP contribution in [0.1, 0.15) is 12.5 Å². The van der Waals surface area contributed by atoms with E-state index in [4.69, 9.17) is 4.74 Å². The van der Waals surface area contributed by atoms with Gasteiger partial charge in [0.25, 0.3) is 0 Å². The molecule has 1 aromatic rings. The number of rotatable bonds is 4. The number of benzene rings is 1. The Morgan fingerprint density at radius 3 is 2.57 bits per heavy atom. The van der Waals surface area contributed by atoms with Crippen LogP contribution in [0.3, 0.4) is 0 Å². The van der Waals surface area contributed by atoms with E-state index in [0.717, 1.165) is 12.0 Å². The number of carbonyl (C=O) groups excluding carboxylic acids is 1. The van der Waals surface area contributed by atoms with E-state index in [1.165, 1.54) is 5.56 Å². The second kappa shape index (κ2) is 5.22. The number of hydrogen-bond acceptors (Lipinski definition) is 2. The van der Waals surface area contributed by atoms with Gasteiger partial charge in [0.15, 0.2) is 0 Å². The summed E-state index contributed by atoms with van der Waals surface area (Å²) in [6, 6.07) is 7.82. The van der Waals surface area contributed by atoms with Crippen molar-refractivity contribution in [2.45, 2.75) is 13.8 Å². The Kier molecular flexibility index (Phi) is 3.92. The van der Waals surface area contributed by atoms with Gasteiger partial charge in [-0.25, -0.2) is 0 Å². The lowest BCUT2D eigenvalue weighted by atomic mass is 10.2. The monoisotopic (exact) mass is 190 g/mol. The minimum atomic E-state index is 0.438. The van der Waals surface area contributed by atoms with Crippen LogP contribution in [0.2, 0.25) is 0 Å². The number of carbonyl (C=O) groups is 1. The van der Waals surface area contributed by atoms with E-state index < -0.39 is 0 Å². The van der Waals surface area contributed by atoms with Crippen molar-refractivity contribution in [1.29, 1.82) is 0 Å². The van der Waals surface area contributed by atoms with Crippen molar-refractivity contribution >= 4 is 6.29 Å². The molecule has 0 unspecified atom stereocenters. The first-order valence-electron chi connectivity index (χ1n) is 4.54. The largest absolute Gasteiger partial charge is 0.490 e. The van der Waals surface area contributed by atoms with Gasteiger partial charge in [-0.2, -0.15) is 0 Å². The predicted octanol–water partition coefficient (Wildman–Crippen LogP) is 2.52. The fourth-order valence-electron chi connectivity index (χ4n) is 0.952. The van der Waals surface area contributed by atoms with Crippen molar-refractivity contribution in [3.63, 3.8) is 0 Å². The molecule has 0 amide bonds. The zero-order chi connectivity index (χ0) is 10.4. The number of aldehydes is 1. The van der Waals surface area contributed by atoms with Crippen LogP contribution < -0.4 is 4.74 Å². The van der Waals surface area contributed by atoms with Crippen LogP contribution in [0.4, 0.5) is 0 Å². The van der Waals surface area contributed by atoms with Crippen LogP contribution in [-0.2, 0) is 4.79 Å². The lowest BCUT2D eigenvalue weighted by Crippen LogP contribution is -1.94. The highest BCUT2D eigenvalue weighted by Gasteiger charge is 1.91. The third-order valence-corrected chi connectivity index (χ3v) is 1.86. The number of hydrogen-bond donors (Lipinski definition) is 0. The molecule has 0 aliphatic carbocycles. The van der Waals surface area contributed by atoms with Gasteiger partial charge in [-0.05, 0) is 37.6 Å². The average Bonchev–Trinajstić information content (AvgIpc) is 2.21. The highest BCUT2D eigenvalue weighted by molar-refractivity contribution is 5.71. The molecule has 0 aliphatic rings. The van der Waals surface area contributed by atoms with E-state index in [-0.39, 0.29) is 0 Å². The second-order valence-electron chi connectivity index (χ2n) is 3.19. The van der Waals surface area contributed by atoms with Gasteiger partial charge < -0.3 is 4.74 Å². The van der Waals surface area contributed by atoms with Crippen molar-refractivity contribution in [3.05, 3.63) is 41.5 Å². The van der Waals surface area contributed by atoms with Crippen LogP contribution in [0.25, 0.3) is 0 Å². The zero-order valence-electron chi connectivity index (χ0n) is 8.49. The highest BCUT2D eigenvalue weighted by atomic mass is 16.5. The summed E-state index contributed by atoms with van der Waals surface area (Å²) in [6.07, 6.45) is 2.57. The molecule has 2 heteroatoms. The standard InChI is InChI=1S/C12H14O2/c1-10-3-5-12(6-4-10)14-8-7-11(2)9-13/h3-7,9H,8H2,1-2H3. The molecule has 74 valence electrons. The molecule has 2 nitrogen and oxygen atoms in total. The van der Waals surface area contributed by atoms with Crippen molar-refractivity contribution in [3.8, 4) is 5.75 Å². The Labute approximate surface area is 84.2 Å². The van der Waals surface area contributed by atoms with Gasteiger partial charge in [-0.15, -0.1) is 0 Å². The van der Waals surface area contributed by atoms with Gasteiger partial charge in [-0.3, -0.25) is 4.79 Å². The quantitative estimate of drug-likeness (QED) is 0.538. The lowest BCUT2D eigenvalue weighted by molar-refractivity contribution is -0.104. The topological polar surface area (TPSA) is 26.3 Å². The molecule has 0 saturated heterocycles. The molecule has 0 aromatic heterocycles. The van der Waals surface area contributed by atoms with Gasteiger partial charge in [0.1, 0.15) is 18.6 Å². The van der Waals surface area contributed by atoms with Crippen molar-refractivity contribution in [1.82, 2.24) is 0 Å². The molecule has 0 atom stereocenters. The number of aryl methyl sites for hydroxylation is 1. The minimum absolute atomic E-state index is 0.438. The third-order valence-electron chi connectivity index (χ3n) is 1.86. The van der Waals surface area contributed by atoms with Crippen LogP contribution in [0.5, 0.6) is 5.75 Å². The summed E-state index contributed by atoms with van der Waals surface area (Å²) in [5.74, 6) is 0.825. The molecule has 0 N–H and O–H groups in total. The maximum absolute atomic E-state index is 10.3. The molecule has 0 radical (unpaired) electrons. The van der Waals surface area contributed by atoms with E-state index in [2.05, 4.69) is 0 Å². The Hall–Kier alpha value is -1.57. The molecule has 0 saturated carbocycles. The summed E-state index contributed by atoms with van der Waals surface area (Å²) in [7, 11) is 0. The summed E-state index contributed by atoms with van der Waals surface area (Å²) in [6.45, 7) is 4.22. The highest BCUT2D eigenvalue weighted by Crippen LogP contribution is 2.11. The summed E-state index contributed by atoms with van der Waals surface area (Å²) in [5, 5.41) is 0. The first kappa shape index (κ1) is 10.5. The smallest absolute Gasteiger partial charge is 0.145 e. The van der Waals surface area contributed by atoms with E-state index >= 15 is 0 Å². The first-order chi connectivity index (χ1) is 6.72. The molecule has 0 spiro atoms. The van der Waals surface area contributed by atoms with Crippen LogP contribution >= 0.6 is 0 Å². The molecular formula is C12H14O2. The normalized spacial score (nSPS) is 11.1. The molecule has 0 bridgehead atoms. The Morgan fingerprint density at radius 1 is 1.36 bits per heavy atom. The first-order valence-corrected chi connectivity index (χ1v) is 4.54. The second-order valence-corrected chi connectivity index (χ2v) is 3.19. The summed E-state index contributed by atoms with van der Waals surface area (Å²) >= 11 is 0.